The molecule has 0 aliphatic carbocycles. The summed E-state index contributed by atoms with van der Waals surface area (Å²) in [6.07, 6.45) is 2.78. The molecule has 2 amide bonds. The Kier molecular flexibility index (Phi) is 6.59. The van der Waals surface area contributed by atoms with Crippen LogP contribution in [0.3, 0.4) is 0 Å². The van der Waals surface area contributed by atoms with Crippen LogP contribution in [0.2, 0.25) is 5.02 Å². The molecule has 8 heteroatoms. The number of ether oxygens (including phenoxy) is 1. The number of anilines is 1. The van der Waals surface area contributed by atoms with E-state index in [9.17, 15) is 4.79 Å². The summed E-state index contributed by atoms with van der Waals surface area (Å²) in [4.78, 5) is 15.9. The highest BCUT2D eigenvalue weighted by Gasteiger charge is 2.36. The number of nitrogens with one attached hydrogen (secondary N) is 1. The van der Waals surface area contributed by atoms with Gasteiger partial charge in [-0.2, -0.15) is 5.10 Å². The maximum absolute atomic E-state index is 14.1. The Morgan fingerprint density at radius 2 is 1.82 bits per heavy atom. The third-order valence-electron chi connectivity index (χ3n) is 7.07. The molecule has 0 spiro atoms. The van der Waals surface area contributed by atoms with Gasteiger partial charge in [0.15, 0.2) is 0 Å². The van der Waals surface area contributed by atoms with E-state index in [1.165, 1.54) is 0 Å². The Labute approximate surface area is 232 Å². The Bertz CT molecular complexity index is 1620. The molecule has 1 atom stereocenters. The van der Waals surface area contributed by atoms with Crippen LogP contribution in [0.1, 0.15) is 35.5 Å². The number of urea groups is 1. The molecule has 1 aliphatic heterocycles. The van der Waals surface area contributed by atoms with Crippen LogP contribution in [0.5, 0.6) is 5.75 Å². The normalized spacial score (nSPS) is 14.3. The maximum Gasteiger partial charge on any atom is 0.322 e. The Hall–Kier alpha value is -4.49. The first-order valence-electron chi connectivity index (χ1n) is 12.9. The summed E-state index contributed by atoms with van der Waals surface area (Å²) >= 11 is 6.09. The van der Waals surface area contributed by atoms with E-state index in [1.807, 2.05) is 76.4 Å². The van der Waals surface area contributed by atoms with Crippen molar-refractivity contribution in [2.75, 3.05) is 12.4 Å². The summed E-state index contributed by atoms with van der Waals surface area (Å²) in [7, 11) is 1.65. The van der Waals surface area contributed by atoms with E-state index < -0.39 is 0 Å². The highest BCUT2D eigenvalue weighted by Crippen LogP contribution is 2.39. The number of para-hydroxylation sites is 1. The fourth-order valence-corrected chi connectivity index (χ4v) is 5.37. The smallest absolute Gasteiger partial charge is 0.322 e. The molecule has 0 fully saturated rings. The number of aromatic nitrogens is 3. The van der Waals surface area contributed by atoms with E-state index in [0.717, 1.165) is 46.2 Å². The van der Waals surface area contributed by atoms with Crippen molar-refractivity contribution in [3.05, 3.63) is 125 Å². The third-order valence-corrected chi connectivity index (χ3v) is 7.32. The predicted octanol–water partition coefficient (Wildman–Crippen LogP) is 7.02. The minimum absolute atomic E-state index is 0.222. The molecule has 0 unspecified atom stereocenters. The summed E-state index contributed by atoms with van der Waals surface area (Å²) in [5.74, 6) is 1.67. The molecule has 0 saturated carbocycles. The lowest BCUT2D eigenvalue weighted by molar-refractivity contribution is 0.194. The number of benzene rings is 3. The van der Waals surface area contributed by atoms with E-state index in [-0.39, 0.29) is 12.1 Å². The molecule has 1 N–H and O–H groups in total. The predicted molar refractivity (Wildman–Crippen MR) is 153 cm³/mol. The molecule has 1 aliphatic rings. The van der Waals surface area contributed by atoms with Crippen LogP contribution in [0.4, 0.5) is 10.5 Å². The van der Waals surface area contributed by atoms with Gasteiger partial charge in [0.1, 0.15) is 11.6 Å². The van der Waals surface area contributed by atoms with E-state index in [1.54, 1.807) is 31.4 Å². The monoisotopic (exact) mass is 537 g/mol. The SMILES string of the molecule is CCc1nn(-c2ccccc2)c2c1CN(C(=O)Nc1ccc(Cl)cc1)[C@H](c1cccc(OC)c1)c1cccn1-2. The number of nitrogens with zero attached hydrogens (tertiary/aromatic N) is 4. The molecule has 0 radical (unpaired) electrons. The number of amides is 2. The zero-order valence-corrected chi connectivity index (χ0v) is 22.5. The number of aryl methyl sites for hydroxylation is 1. The van der Waals surface area contributed by atoms with Gasteiger partial charge in [-0.3, -0.25) is 0 Å². The number of rotatable bonds is 5. The summed E-state index contributed by atoms with van der Waals surface area (Å²) < 4.78 is 9.70. The van der Waals surface area contributed by atoms with Crippen molar-refractivity contribution in [2.45, 2.75) is 25.9 Å². The number of hydrogen-bond donors (Lipinski definition) is 1. The fourth-order valence-electron chi connectivity index (χ4n) is 5.24. The summed E-state index contributed by atoms with van der Waals surface area (Å²) in [5.41, 5.74) is 5.49. The minimum Gasteiger partial charge on any atom is -0.497 e. The van der Waals surface area contributed by atoms with Gasteiger partial charge in [0.2, 0.25) is 0 Å². The minimum atomic E-state index is -0.385. The van der Waals surface area contributed by atoms with Crippen LogP contribution < -0.4 is 10.1 Å². The quantitative estimate of drug-likeness (QED) is 0.262. The van der Waals surface area contributed by atoms with Crippen LogP contribution in [-0.4, -0.2) is 32.4 Å². The molecule has 3 aromatic carbocycles. The average Bonchev–Trinajstić information content (AvgIpc) is 3.55. The zero-order chi connectivity index (χ0) is 26.9. The Morgan fingerprint density at radius 3 is 2.56 bits per heavy atom. The average molecular weight is 538 g/mol. The van der Waals surface area contributed by atoms with Gasteiger partial charge in [0, 0.05) is 22.5 Å². The van der Waals surface area contributed by atoms with Crippen molar-refractivity contribution in [3.63, 3.8) is 0 Å². The van der Waals surface area contributed by atoms with Crippen LogP contribution in [0.15, 0.2) is 97.2 Å². The lowest BCUT2D eigenvalue weighted by Gasteiger charge is -2.31. The molecule has 39 heavy (non-hydrogen) atoms. The van der Waals surface area contributed by atoms with Crippen molar-refractivity contribution in [2.24, 2.45) is 0 Å². The van der Waals surface area contributed by atoms with Gasteiger partial charge < -0.3 is 19.5 Å². The highest BCUT2D eigenvalue weighted by atomic mass is 35.5. The number of carbonyl (C=O) groups excluding carboxylic acids is 1. The number of hydrogen-bond acceptors (Lipinski definition) is 3. The second-order valence-corrected chi connectivity index (χ2v) is 9.83. The molecule has 0 saturated heterocycles. The summed E-state index contributed by atoms with van der Waals surface area (Å²) in [5, 5.41) is 8.71. The molecule has 196 valence electrons. The molecule has 2 aromatic heterocycles. The van der Waals surface area contributed by atoms with Crippen LogP contribution in [-0.2, 0) is 13.0 Å². The lowest BCUT2D eigenvalue weighted by Crippen LogP contribution is -2.38. The van der Waals surface area contributed by atoms with Gasteiger partial charge in [-0.05, 0) is 72.6 Å². The van der Waals surface area contributed by atoms with Crippen LogP contribution >= 0.6 is 11.6 Å². The van der Waals surface area contributed by atoms with E-state index >= 15 is 0 Å². The number of carbonyl (C=O) groups is 1. The van der Waals surface area contributed by atoms with Gasteiger partial charge in [-0.1, -0.05) is 48.9 Å². The van der Waals surface area contributed by atoms with Crippen molar-refractivity contribution >= 4 is 23.3 Å². The molecule has 7 nitrogen and oxygen atoms in total. The van der Waals surface area contributed by atoms with Gasteiger partial charge >= 0.3 is 6.03 Å². The largest absolute Gasteiger partial charge is 0.497 e. The van der Waals surface area contributed by atoms with Gasteiger partial charge in [0.25, 0.3) is 0 Å². The van der Waals surface area contributed by atoms with Crippen molar-refractivity contribution in [1.29, 1.82) is 0 Å². The van der Waals surface area contributed by atoms with Crippen molar-refractivity contribution < 1.29 is 9.53 Å². The van der Waals surface area contributed by atoms with Crippen molar-refractivity contribution in [3.8, 4) is 17.3 Å². The zero-order valence-electron chi connectivity index (χ0n) is 21.7. The second-order valence-electron chi connectivity index (χ2n) is 9.40. The summed E-state index contributed by atoms with van der Waals surface area (Å²) in [6.45, 7) is 2.46. The third kappa shape index (κ3) is 4.55. The molecular weight excluding hydrogens is 510 g/mol. The molecule has 0 bridgehead atoms. The Balaban J connectivity index is 1.55. The van der Waals surface area contributed by atoms with Gasteiger partial charge in [-0.15, -0.1) is 0 Å². The van der Waals surface area contributed by atoms with Gasteiger partial charge in [-0.25, -0.2) is 9.48 Å². The number of halogens is 1. The van der Waals surface area contributed by atoms with Crippen molar-refractivity contribution in [1.82, 2.24) is 19.2 Å². The van der Waals surface area contributed by atoms with Crippen LogP contribution in [0, 0.1) is 0 Å². The Morgan fingerprint density at radius 1 is 1.03 bits per heavy atom. The second kappa shape index (κ2) is 10.3. The maximum atomic E-state index is 14.1. The van der Waals surface area contributed by atoms with Crippen LogP contribution in [0.25, 0.3) is 11.5 Å². The molecule has 3 heterocycles. The first-order chi connectivity index (χ1) is 19.1. The van der Waals surface area contributed by atoms with Gasteiger partial charge in [0.05, 0.1) is 36.8 Å². The first-order valence-corrected chi connectivity index (χ1v) is 13.3. The molecule has 6 rings (SSSR count). The standard InChI is InChI=1S/C31H28ClN5O2/c1-3-27-26-20-36(31(38)33-23-16-14-22(32)15-17-23)29(21-9-7-12-25(19-21)39-2)28-13-8-18-35(28)30(26)37(34-27)24-10-5-4-6-11-24/h4-19,29H,3,20H2,1-2H3,(H,33,38)/t29-/m1/s1. The van der Waals surface area contributed by atoms with E-state index in [0.29, 0.717) is 17.3 Å². The molecular formula is C31H28ClN5O2. The first kappa shape index (κ1) is 24.8. The van der Waals surface area contributed by atoms with E-state index in [4.69, 9.17) is 21.4 Å². The lowest BCUT2D eigenvalue weighted by atomic mass is 10.0. The highest BCUT2D eigenvalue weighted by molar-refractivity contribution is 6.30. The summed E-state index contributed by atoms with van der Waals surface area (Å²) in [6, 6.07) is 28.6. The number of fused-ring (bicyclic) bond motifs is 3. The topological polar surface area (TPSA) is 64.3 Å². The molecule has 5 aromatic rings. The van der Waals surface area contributed by atoms with E-state index in [2.05, 4.69) is 22.9 Å². The number of methoxy groups -OCH3 is 1. The fraction of sp³-hybridized carbons (Fsp3) is 0.161.